The van der Waals surface area contributed by atoms with Gasteiger partial charge in [-0.25, -0.2) is 4.98 Å². The number of nitrogens with zero attached hydrogens (tertiary/aromatic N) is 2. The van der Waals surface area contributed by atoms with Crippen molar-refractivity contribution in [2.45, 2.75) is 0 Å². The molecule has 16 heavy (non-hydrogen) atoms. The van der Waals surface area contributed by atoms with Crippen LogP contribution in [0.2, 0.25) is 0 Å². The summed E-state index contributed by atoms with van der Waals surface area (Å²) in [6.07, 6.45) is 9.86. The molecule has 1 aromatic rings. The number of pyridine rings is 1. The van der Waals surface area contributed by atoms with Crippen LogP contribution in [0, 0.1) is 0 Å². The minimum atomic E-state index is 0.819. The van der Waals surface area contributed by atoms with E-state index in [-0.39, 0.29) is 0 Å². The van der Waals surface area contributed by atoms with Gasteiger partial charge in [-0.05, 0) is 6.08 Å². The molecule has 0 bridgehead atoms. The van der Waals surface area contributed by atoms with E-state index in [0.29, 0.717) is 0 Å². The predicted molar refractivity (Wildman–Crippen MR) is 66.0 cm³/mol. The van der Waals surface area contributed by atoms with Crippen molar-refractivity contribution in [2.75, 3.05) is 30.9 Å². The SMILES string of the molecule is CNc1nccc(OC)c1N1C=CC=CC1. The summed E-state index contributed by atoms with van der Waals surface area (Å²) in [5.41, 5.74) is 0.966. The molecule has 4 heteroatoms. The van der Waals surface area contributed by atoms with E-state index in [1.165, 1.54) is 0 Å². The first-order chi connectivity index (χ1) is 7.86. The zero-order valence-corrected chi connectivity index (χ0v) is 9.47. The van der Waals surface area contributed by atoms with Gasteiger partial charge >= 0.3 is 0 Å². The first-order valence-corrected chi connectivity index (χ1v) is 5.17. The number of methoxy groups -OCH3 is 1. The summed E-state index contributed by atoms with van der Waals surface area (Å²) >= 11 is 0. The Morgan fingerprint density at radius 3 is 2.94 bits per heavy atom. The van der Waals surface area contributed by atoms with Crippen molar-refractivity contribution in [1.29, 1.82) is 0 Å². The van der Waals surface area contributed by atoms with Crippen molar-refractivity contribution in [1.82, 2.24) is 4.98 Å². The minimum absolute atomic E-state index is 0.819. The second-order valence-electron chi connectivity index (χ2n) is 3.38. The summed E-state index contributed by atoms with van der Waals surface area (Å²) < 4.78 is 5.36. The second-order valence-corrected chi connectivity index (χ2v) is 3.38. The van der Waals surface area contributed by atoms with Gasteiger partial charge in [0.1, 0.15) is 11.4 Å². The van der Waals surface area contributed by atoms with E-state index in [1.54, 1.807) is 13.3 Å². The normalized spacial score (nSPS) is 14.0. The Morgan fingerprint density at radius 2 is 2.31 bits per heavy atom. The molecule has 0 atom stereocenters. The van der Waals surface area contributed by atoms with Gasteiger partial charge in [-0.2, -0.15) is 0 Å². The van der Waals surface area contributed by atoms with Crippen molar-refractivity contribution in [3.05, 3.63) is 36.7 Å². The number of aromatic nitrogens is 1. The monoisotopic (exact) mass is 217 g/mol. The van der Waals surface area contributed by atoms with E-state index in [1.807, 2.05) is 31.5 Å². The van der Waals surface area contributed by atoms with Crippen molar-refractivity contribution >= 4 is 11.5 Å². The summed E-state index contributed by atoms with van der Waals surface area (Å²) in [5.74, 6) is 1.64. The van der Waals surface area contributed by atoms with Crippen LogP contribution in [0.3, 0.4) is 0 Å². The fourth-order valence-electron chi connectivity index (χ4n) is 1.69. The Labute approximate surface area is 95.2 Å². The highest BCUT2D eigenvalue weighted by Gasteiger charge is 2.15. The first-order valence-electron chi connectivity index (χ1n) is 5.17. The third-order valence-corrected chi connectivity index (χ3v) is 2.45. The van der Waals surface area contributed by atoms with Gasteiger partial charge in [-0.15, -0.1) is 0 Å². The number of rotatable bonds is 3. The van der Waals surface area contributed by atoms with Crippen LogP contribution >= 0.6 is 0 Å². The van der Waals surface area contributed by atoms with Crippen LogP contribution in [0.1, 0.15) is 0 Å². The van der Waals surface area contributed by atoms with Crippen LogP contribution in [0.4, 0.5) is 11.5 Å². The van der Waals surface area contributed by atoms with Gasteiger partial charge < -0.3 is 15.0 Å². The minimum Gasteiger partial charge on any atom is -0.494 e. The van der Waals surface area contributed by atoms with Crippen molar-refractivity contribution < 1.29 is 4.74 Å². The molecule has 0 radical (unpaired) electrons. The van der Waals surface area contributed by atoms with Crippen LogP contribution in [0.25, 0.3) is 0 Å². The molecule has 4 nitrogen and oxygen atoms in total. The van der Waals surface area contributed by atoms with E-state index < -0.39 is 0 Å². The number of allylic oxidation sites excluding steroid dienone is 2. The van der Waals surface area contributed by atoms with Gasteiger partial charge in [0.15, 0.2) is 5.82 Å². The van der Waals surface area contributed by atoms with Gasteiger partial charge in [0.25, 0.3) is 0 Å². The molecule has 0 fully saturated rings. The molecule has 0 aromatic carbocycles. The molecule has 1 aromatic heterocycles. The third-order valence-electron chi connectivity index (χ3n) is 2.45. The molecule has 0 saturated heterocycles. The van der Waals surface area contributed by atoms with E-state index in [2.05, 4.69) is 21.3 Å². The van der Waals surface area contributed by atoms with Crippen LogP contribution in [0.15, 0.2) is 36.7 Å². The topological polar surface area (TPSA) is 37.4 Å². The molecule has 0 amide bonds. The molecule has 1 aliphatic rings. The molecule has 2 rings (SSSR count). The standard InChI is InChI=1S/C12H15N3O/c1-13-12-11(10(16-2)6-7-14-12)15-8-4-3-5-9-15/h3-8H,9H2,1-2H3,(H,13,14). The average Bonchev–Trinajstić information content (AvgIpc) is 2.38. The lowest BCUT2D eigenvalue weighted by molar-refractivity contribution is 0.415. The molecule has 84 valence electrons. The Bertz CT molecular complexity index is 404. The third kappa shape index (κ3) is 1.86. The molecule has 0 spiro atoms. The maximum Gasteiger partial charge on any atom is 0.153 e. The van der Waals surface area contributed by atoms with E-state index in [4.69, 9.17) is 4.74 Å². The summed E-state index contributed by atoms with van der Waals surface area (Å²) in [4.78, 5) is 6.39. The molecule has 1 N–H and O–H groups in total. The number of nitrogens with one attached hydrogen (secondary N) is 1. The fourth-order valence-corrected chi connectivity index (χ4v) is 1.69. The summed E-state index contributed by atoms with van der Waals surface area (Å²) in [7, 11) is 3.52. The molecule has 2 heterocycles. The average molecular weight is 217 g/mol. The molecule has 0 aliphatic carbocycles. The zero-order chi connectivity index (χ0) is 11.4. The van der Waals surface area contributed by atoms with Crippen LogP contribution in [-0.2, 0) is 0 Å². The Balaban J connectivity index is 2.43. The smallest absolute Gasteiger partial charge is 0.153 e. The quantitative estimate of drug-likeness (QED) is 0.840. The fraction of sp³-hybridized carbons (Fsp3) is 0.250. The van der Waals surface area contributed by atoms with Crippen LogP contribution in [-0.4, -0.2) is 25.7 Å². The van der Waals surface area contributed by atoms with Crippen LogP contribution in [0.5, 0.6) is 5.75 Å². The van der Waals surface area contributed by atoms with Crippen LogP contribution < -0.4 is 15.0 Å². The molecule has 1 aliphatic heterocycles. The van der Waals surface area contributed by atoms with Gasteiger partial charge in [0.2, 0.25) is 0 Å². The second kappa shape index (κ2) is 4.70. The predicted octanol–water partition coefficient (Wildman–Crippen LogP) is 2.02. The van der Waals surface area contributed by atoms with Gasteiger partial charge in [0, 0.05) is 32.1 Å². The van der Waals surface area contributed by atoms with Gasteiger partial charge in [-0.3, -0.25) is 0 Å². The lowest BCUT2D eigenvalue weighted by atomic mass is 10.2. The zero-order valence-electron chi connectivity index (χ0n) is 9.47. The number of ether oxygens (including phenoxy) is 1. The molecule has 0 unspecified atom stereocenters. The highest BCUT2D eigenvalue weighted by atomic mass is 16.5. The van der Waals surface area contributed by atoms with Crippen molar-refractivity contribution in [2.24, 2.45) is 0 Å². The lowest BCUT2D eigenvalue weighted by Crippen LogP contribution is -2.20. The Morgan fingerprint density at radius 1 is 1.44 bits per heavy atom. The number of anilines is 2. The Kier molecular flexibility index (Phi) is 3.10. The van der Waals surface area contributed by atoms with Crippen molar-refractivity contribution in [3.8, 4) is 5.75 Å². The molecular weight excluding hydrogens is 202 g/mol. The van der Waals surface area contributed by atoms with E-state index in [9.17, 15) is 0 Å². The van der Waals surface area contributed by atoms with E-state index in [0.717, 1.165) is 23.8 Å². The van der Waals surface area contributed by atoms with Gasteiger partial charge in [-0.1, -0.05) is 12.2 Å². The van der Waals surface area contributed by atoms with E-state index >= 15 is 0 Å². The highest BCUT2D eigenvalue weighted by Crippen LogP contribution is 2.34. The summed E-state index contributed by atoms with van der Waals surface area (Å²) in [6.45, 7) is 0.827. The lowest BCUT2D eigenvalue weighted by Gasteiger charge is -2.24. The Hall–Kier alpha value is -1.97. The molecular formula is C12H15N3O. The highest BCUT2D eigenvalue weighted by molar-refractivity contribution is 5.74. The number of hydrogen-bond acceptors (Lipinski definition) is 4. The largest absolute Gasteiger partial charge is 0.494 e. The number of hydrogen-bond donors (Lipinski definition) is 1. The maximum atomic E-state index is 5.36. The summed E-state index contributed by atoms with van der Waals surface area (Å²) in [5, 5.41) is 3.08. The first kappa shape index (κ1) is 10.5. The van der Waals surface area contributed by atoms with Crippen molar-refractivity contribution in [3.63, 3.8) is 0 Å². The van der Waals surface area contributed by atoms with Gasteiger partial charge in [0.05, 0.1) is 7.11 Å². The summed E-state index contributed by atoms with van der Waals surface area (Å²) in [6, 6.07) is 1.86. The maximum absolute atomic E-state index is 5.36. The molecule has 0 saturated carbocycles.